The highest BCUT2D eigenvalue weighted by Gasteiger charge is 2.09. The van der Waals surface area contributed by atoms with Crippen LogP contribution >= 0.6 is 0 Å². The summed E-state index contributed by atoms with van der Waals surface area (Å²) in [6.45, 7) is 2.03. The van der Waals surface area contributed by atoms with Crippen molar-refractivity contribution in [3.8, 4) is 17.2 Å². The Labute approximate surface area is 77.9 Å². The molecule has 0 unspecified atom stereocenters. The summed E-state index contributed by atoms with van der Waals surface area (Å²) in [7, 11) is 3.04. The normalized spacial score (nSPS) is 9.77. The van der Waals surface area contributed by atoms with Crippen LogP contribution in [0.4, 0.5) is 0 Å². The zero-order chi connectivity index (χ0) is 9.84. The van der Waals surface area contributed by atoms with Crippen molar-refractivity contribution in [3.05, 3.63) is 17.7 Å². The van der Waals surface area contributed by atoms with Crippen LogP contribution in [0.1, 0.15) is 12.5 Å². The van der Waals surface area contributed by atoms with Crippen LogP contribution in [-0.2, 0) is 6.42 Å². The number of hydrogen-bond acceptors (Lipinski definition) is 3. The van der Waals surface area contributed by atoms with Crippen LogP contribution in [0.15, 0.2) is 12.1 Å². The summed E-state index contributed by atoms with van der Waals surface area (Å²) in [5.41, 5.74) is 1.08. The second-order valence-electron chi connectivity index (χ2n) is 2.70. The summed E-state index contributed by atoms with van der Waals surface area (Å²) >= 11 is 0. The Balaban J connectivity index is 3.20. The fourth-order valence-electron chi connectivity index (χ4n) is 1.15. The van der Waals surface area contributed by atoms with Crippen LogP contribution in [0.5, 0.6) is 17.2 Å². The molecular weight excluding hydrogens is 168 g/mol. The molecule has 0 aromatic heterocycles. The molecule has 0 fully saturated rings. The minimum absolute atomic E-state index is 0.0576. The molecule has 0 spiro atoms. The Hall–Kier alpha value is -1.38. The van der Waals surface area contributed by atoms with E-state index in [1.807, 2.05) is 6.92 Å². The third kappa shape index (κ3) is 1.86. The molecule has 3 nitrogen and oxygen atoms in total. The number of hydrogen-bond donors (Lipinski definition) is 1. The molecule has 0 atom stereocenters. The second kappa shape index (κ2) is 4.03. The number of aryl methyl sites for hydroxylation is 1. The van der Waals surface area contributed by atoms with E-state index in [0.29, 0.717) is 11.5 Å². The van der Waals surface area contributed by atoms with E-state index in [1.54, 1.807) is 12.1 Å². The van der Waals surface area contributed by atoms with Crippen LogP contribution in [0, 0.1) is 0 Å². The maximum Gasteiger partial charge on any atom is 0.200 e. The van der Waals surface area contributed by atoms with Crippen LogP contribution in [-0.4, -0.2) is 19.3 Å². The molecule has 1 aromatic rings. The van der Waals surface area contributed by atoms with Gasteiger partial charge in [-0.25, -0.2) is 0 Å². The smallest absolute Gasteiger partial charge is 0.200 e. The molecule has 1 N–H and O–H groups in total. The summed E-state index contributed by atoms with van der Waals surface area (Å²) in [5.74, 6) is 0.967. The Morgan fingerprint density at radius 1 is 1.15 bits per heavy atom. The third-order valence-corrected chi connectivity index (χ3v) is 1.95. The minimum atomic E-state index is 0.0576. The first-order valence-corrected chi connectivity index (χ1v) is 4.16. The molecule has 0 aliphatic carbocycles. The maximum atomic E-state index is 9.56. The van der Waals surface area contributed by atoms with E-state index in [4.69, 9.17) is 9.47 Å². The van der Waals surface area contributed by atoms with Crippen molar-refractivity contribution in [2.24, 2.45) is 0 Å². The fourth-order valence-corrected chi connectivity index (χ4v) is 1.15. The lowest BCUT2D eigenvalue weighted by Crippen LogP contribution is -1.91. The van der Waals surface area contributed by atoms with Gasteiger partial charge in [0.25, 0.3) is 0 Å². The number of benzene rings is 1. The molecule has 0 amide bonds. The molecule has 0 heterocycles. The van der Waals surface area contributed by atoms with Crippen molar-refractivity contribution in [2.45, 2.75) is 13.3 Å². The first kappa shape index (κ1) is 9.71. The van der Waals surface area contributed by atoms with Crippen molar-refractivity contribution < 1.29 is 14.6 Å². The van der Waals surface area contributed by atoms with E-state index in [-0.39, 0.29) is 5.75 Å². The number of phenols is 1. The second-order valence-corrected chi connectivity index (χ2v) is 2.70. The molecule has 72 valence electrons. The van der Waals surface area contributed by atoms with Crippen molar-refractivity contribution >= 4 is 0 Å². The number of ether oxygens (including phenoxy) is 2. The predicted octanol–water partition coefficient (Wildman–Crippen LogP) is 1.97. The Bertz CT molecular complexity index is 269. The summed E-state index contributed by atoms with van der Waals surface area (Å²) < 4.78 is 10.00. The van der Waals surface area contributed by atoms with Gasteiger partial charge < -0.3 is 14.6 Å². The predicted molar refractivity (Wildman–Crippen MR) is 50.6 cm³/mol. The topological polar surface area (TPSA) is 38.7 Å². The number of phenolic OH excluding ortho intramolecular Hbond substituents is 1. The standard InChI is InChI=1S/C10H14O3/c1-4-7-5-8(12-2)10(11)9(6-7)13-3/h5-6,11H,4H2,1-3H3. The minimum Gasteiger partial charge on any atom is -0.502 e. The van der Waals surface area contributed by atoms with Crippen LogP contribution < -0.4 is 9.47 Å². The molecule has 13 heavy (non-hydrogen) atoms. The summed E-state index contributed by atoms with van der Waals surface area (Å²) in [4.78, 5) is 0. The molecule has 0 bridgehead atoms. The quantitative estimate of drug-likeness (QED) is 0.776. The van der Waals surface area contributed by atoms with Crippen LogP contribution in [0.3, 0.4) is 0 Å². The maximum absolute atomic E-state index is 9.56. The van der Waals surface area contributed by atoms with Gasteiger partial charge in [-0.2, -0.15) is 0 Å². The van der Waals surface area contributed by atoms with Crippen molar-refractivity contribution in [2.75, 3.05) is 14.2 Å². The lowest BCUT2D eigenvalue weighted by Gasteiger charge is -2.09. The summed E-state index contributed by atoms with van der Waals surface area (Å²) in [6.07, 6.45) is 0.882. The van der Waals surface area contributed by atoms with Crippen molar-refractivity contribution in [1.29, 1.82) is 0 Å². The van der Waals surface area contributed by atoms with Gasteiger partial charge in [0.1, 0.15) is 0 Å². The molecule has 0 aliphatic heterocycles. The van der Waals surface area contributed by atoms with Crippen LogP contribution in [0.2, 0.25) is 0 Å². The van der Waals surface area contributed by atoms with Gasteiger partial charge in [0.2, 0.25) is 5.75 Å². The zero-order valence-electron chi connectivity index (χ0n) is 8.13. The lowest BCUT2D eigenvalue weighted by atomic mass is 10.1. The van der Waals surface area contributed by atoms with Gasteiger partial charge in [-0.05, 0) is 24.1 Å². The molecule has 0 saturated carbocycles. The van der Waals surface area contributed by atoms with Gasteiger partial charge >= 0.3 is 0 Å². The van der Waals surface area contributed by atoms with Crippen LogP contribution in [0.25, 0.3) is 0 Å². The van der Waals surface area contributed by atoms with Gasteiger partial charge in [0.15, 0.2) is 11.5 Å². The van der Waals surface area contributed by atoms with Gasteiger partial charge in [0.05, 0.1) is 14.2 Å². The summed E-state index contributed by atoms with van der Waals surface area (Å²) in [6, 6.07) is 3.61. The van der Waals surface area contributed by atoms with E-state index in [0.717, 1.165) is 12.0 Å². The van der Waals surface area contributed by atoms with E-state index >= 15 is 0 Å². The molecule has 1 aromatic carbocycles. The van der Waals surface area contributed by atoms with Crippen molar-refractivity contribution in [3.63, 3.8) is 0 Å². The Kier molecular flexibility index (Phi) is 3.01. The molecule has 1 rings (SSSR count). The highest BCUT2D eigenvalue weighted by Crippen LogP contribution is 2.36. The SMILES string of the molecule is CCc1cc(OC)c(O)c(OC)c1. The third-order valence-electron chi connectivity index (χ3n) is 1.95. The van der Waals surface area contributed by atoms with Gasteiger partial charge in [-0.1, -0.05) is 6.92 Å². The highest BCUT2D eigenvalue weighted by atomic mass is 16.5. The number of rotatable bonds is 3. The average Bonchev–Trinajstić information content (AvgIpc) is 2.18. The van der Waals surface area contributed by atoms with E-state index in [1.165, 1.54) is 14.2 Å². The molecule has 0 saturated heterocycles. The van der Waals surface area contributed by atoms with Gasteiger partial charge in [0, 0.05) is 0 Å². The summed E-state index contributed by atoms with van der Waals surface area (Å²) in [5, 5.41) is 9.56. The highest BCUT2D eigenvalue weighted by molar-refractivity contribution is 5.52. The zero-order valence-corrected chi connectivity index (χ0v) is 8.13. The first-order valence-electron chi connectivity index (χ1n) is 4.16. The first-order chi connectivity index (χ1) is 6.22. The monoisotopic (exact) mass is 182 g/mol. The molecule has 3 heteroatoms. The molecule has 0 aliphatic rings. The Morgan fingerprint density at radius 2 is 1.62 bits per heavy atom. The average molecular weight is 182 g/mol. The fraction of sp³-hybridized carbons (Fsp3) is 0.400. The largest absolute Gasteiger partial charge is 0.502 e. The molecular formula is C10H14O3. The molecule has 0 radical (unpaired) electrons. The van der Waals surface area contributed by atoms with Gasteiger partial charge in [-0.15, -0.1) is 0 Å². The van der Waals surface area contributed by atoms with E-state index in [2.05, 4.69) is 0 Å². The number of aromatic hydroxyl groups is 1. The van der Waals surface area contributed by atoms with Crippen molar-refractivity contribution in [1.82, 2.24) is 0 Å². The van der Waals surface area contributed by atoms with Gasteiger partial charge in [-0.3, -0.25) is 0 Å². The number of methoxy groups -OCH3 is 2. The van der Waals surface area contributed by atoms with E-state index < -0.39 is 0 Å². The lowest BCUT2D eigenvalue weighted by molar-refractivity contribution is 0.339. The van der Waals surface area contributed by atoms with E-state index in [9.17, 15) is 5.11 Å². The Morgan fingerprint density at radius 3 is 1.92 bits per heavy atom.